The molecule has 2 N–H and O–H groups in total. The smallest absolute Gasteiger partial charge is 0.270 e. The zero-order chi connectivity index (χ0) is 33.9. The van der Waals surface area contributed by atoms with Gasteiger partial charge >= 0.3 is 0 Å². The molecule has 0 spiro atoms. The van der Waals surface area contributed by atoms with Crippen molar-refractivity contribution in [2.75, 3.05) is 45.2 Å². The van der Waals surface area contributed by atoms with Crippen molar-refractivity contribution in [3.05, 3.63) is 77.2 Å². The van der Waals surface area contributed by atoms with E-state index in [-0.39, 0.29) is 18.7 Å². The van der Waals surface area contributed by atoms with E-state index in [1.54, 1.807) is 6.07 Å². The Labute approximate surface area is 280 Å². The number of nitrogens with zero attached hydrogens (tertiary/aromatic N) is 4. The van der Waals surface area contributed by atoms with Crippen LogP contribution in [0.25, 0.3) is 17.0 Å². The van der Waals surface area contributed by atoms with Crippen molar-refractivity contribution in [3.8, 4) is 0 Å². The molecule has 0 radical (unpaired) electrons. The van der Waals surface area contributed by atoms with E-state index in [1.165, 1.54) is 42.0 Å². The molecule has 3 aromatic rings. The van der Waals surface area contributed by atoms with Crippen LogP contribution in [0.15, 0.2) is 54.6 Å². The Kier molecular flexibility index (Phi) is 10.1. The highest BCUT2D eigenvalue weighted by Crippen LogP contribution is 2.33. The van der Waals surface area contributed by atoms with Gasteiger partial charge in [-0.1, -0.05) is 24.3 Å². The lowest BCUT2D eigenvalue weighted by Crippen LogP contribution is -2.49. The molecule has 3 amide bonds. The average Bonchev–Trinajstić information content (AvgIpc) is 3.83. The number of carbonyl (C=O) groups excluding carboxylic acids is 3. The second-order valence-electron chi connectivity index (χ2n) is 13.6. The van der Waals surface area contributed by atoms with Crippen LogP contribution in [0.5, 0.6) is 0 Å². The number of allylic oxidation sites excluding steroid dienone is 1. The average molecular weight is 659 g/mol. The van der Waals surface area contributed by atoms with Crippen molar-refractivity contribution in [2.45, 2.75) is 63.3 Å². The number of likely N-dealkylation sites (N-methyl/N-ethyl adjacent to an activating group) is 1. The van der Waals surface area contributed by atoms with Crippen LogP contribution in [-0.4, -0.2) is 91.0 Å². The Morgan fingerprint density at radius 3 is 2.65 bits per heavy atom. The molecule has 2 aromatic carbocycles. The zero-order valence-electron chi connectivity index (χ0n) is 27.8. The van der Waals surface area contributed by atoms with E-state index in [0.717, 1.165) is 42.7 Å². The number of benzene rings is 2. The van der Waals surface area contributed by atoms with E-state index in [2.05, 4.69) is 69.9 Å². The van der Waals surface area contributed by atoms with Crippen LogP contribution in [0.2, 0.25) is 0 Å². The summed E-state index contributed by atoms with van der Waals surface area (Å²) in [6.07, 6.45) is 7.51. The molecular formula is C37H44F2N6O3. The van der Waals surface area contributed by atoms with Gasteiger partial charge in [0, 0.05) is 36.6 Å². The molecule has 9 nitrogen and oxygen atoms in total. The summed E-state index contributed by atoms with van der Waals surface area (Å²) < 4.78 is 28.2. The summed E-state index contributed by atoms with van der Waals surface area (Å²) in [5, 5.41) is 6.15. The van der Waals surface area contributed by atoms with Crippen molar-refractivity contribution in [1.29, 1.82) is 0 Å². The molecule has 0 bridgehead atoms. The summed E-state index contributed by atoms with van der Waals surface area (Å²) in [6, 6.07) is 12.5. The van der Waals surface area contributed by atoms with Gasteiger partial charge in [-0.05, 0) is 100 Å². The lowest BCUT2D eigenvalue weighted by atomic mass is 9.97. The number of aromatic nitrogens is 1. The van der Waals surface area contributed by atoms with Crippen molar-refractivity contribution in [3.63, 3.8) is 0 Å². The van der Waals surface area contributed by atoms with Crippen molar-refractivity contribution < 1.29 is 23.2 Å². The molecule has 3 heterocycles. The predicted octanol–water partition coefficient (Wildman–Crippen LogP) is 4.87. The number of halogens is 2. The number of nitrogens with one attached hydrogen (secondary N) is 2. The summed E-state index contributed by atoms with van der Waals surface area (Å²) in [5.41, 5.74) is 3.59. The fourth-order valence-electron chi connectivity index (χ4n) is 6.69. The first-order valence-corrected chi connectivity index (χ1v) is 16.9. The third-order valence-electron chi connectivity index (χ3n) is 9.71. The van der Waals surface area contributed by atoms with Crippen LogP contribution in [0.4, 0.5) is 14.5 Å². The van der Waals surface area contributed by atoms with Gasteiger partial charge in [0.05, 0.1) is 24.6 Å². The van der Waals surface area contributed by atoms with Gasteiger partial charge in [-0.25, -0.2) is 13.8 Å². The molecule has 2 saturated heterocycles. The van der Waals surface area contributed by atoms with Gasteiger partial charge in [0.25, 0.3) is 5.91 Å². The van der Waals surface area contributed by atoms with Crippen LogP contribution in [0.1, 0.15) is 66.7 Å². The number of alkyl halides is 1. The minimum atomic E-state index is -1.36. The van der Waals surface area contributed by atoms with Crippen LogP contribution < -0.4 is 15.5 Å². The summed E-state index contributed by atoms with van der Waals surface area (Å²) in [4.78, 5) is 49.8. The number of pyridine rings is 1. The minimum absolute atomic E-state index is 0.0605. The number of anilines is 1. The Bertz CT molecular complexity index is 1710. The molecule has 11 heteroatoms. The second kappa shape index (κ2) is 14.4. The summed E-state index contributed by atoms with van der Waals surface area (Å²) in [7, 11) is 4.23. The number of rotatable bonds is 10. The second-order valence-corrected chi connectivity index (χ2v) is 13.6. The number of hydrogen-bond acceptors (Lipinski definition) is 6. The first-order valence-electron chi connectivity index (χ1n) is 16.9. The topological polar surface area (TPSA) is 97.9 Å². The highest BCUT2D eigenvalue weighted by Gasteiger charge is 2.40. The Morgan fingerprint density at radius 2 is 1.88 bits per heavy atom. The quantitative estimate of drug-likeness (QED) is 0.323. The predicted molar refractivity (Wildman–Crippen MR) is 183 cm³/mol. The highest BCUT2D eigenvalue weighted by molar-refractivity contribution is 5.97. The molecule has 0 unspecified atom stereocenters. The maximum Gasteiger partial charge on any atom is 0.270 e. The van der Waals surface area contributed by atoms with Crippen molar-refractivity contribution in [1.82, 2.24) is 25.4 Å². The molecule has 6 rings (SSSR count). The third kappa shape index (κ3) is 7.84. The molecule has 4 atom stereocenters. The van der Waals surface area contributed by atoms with Gasteiger partial charge in [-0.3, -0.25) is 14.4 Å². The molecule has 1 saturated carbocycles. The highest BCUT2D eigenvalue weighted by atomic mass is 19.1. The van der Waals surface area contributed by atoms with Crippen molar-refractivity contribution in [2.24, 2.45) is 5.92 Å². The normalized spacial score (nSPS) is 22.0. The number of likely N-dealkylation sites (tertiary alicyclic amines) is 1. The van der Waals surface area contributed by atoms with Crippen LogP contribution in [0, 0.1) is 11.7 Å². The molecule has 1 aliphatic carbocycles. The van der Waals surface area contributed by atoms with Gasteiger partial charge in [0.15, 0.2) is 0 Å². The Morgan fingerprint density at radius 1 is 1.06 bits per heavy atom. The Balaban J connectivity index is 1.13. The SMILES string of the molecule is C[C@H](NC(=O)[C@@H]1C[C@@H](F)CN1C(=O)CNC(=O)c1ccc2cc(F)ccc2n1)c1cc(N2CCC[C@H](N(C)C)C2)ccc1/C=C/C1CC1. The van der Waals surface area contributed by atoms with E-state index in [9.17, 15) is 23.2 Å². The zero-order valence-corrected chi connectivity index (χ0v) is 27.8. The van der Waals surface area contributed by atoms with E-state index >= 15 is 0 Å². The molecule has 1 aromatic heterocycles. The van der Waals surface area contributed by atoms with Crippen molar-refractivity contribution >= 4 is 40.4 Å². The number of fused-ring (bicyclic) bond motifs is 1. The maximum absolute atomic E-state index is 14.7. The van der Waals surface area contributed by atoms with Gasteiger partial charge < -0.3 is 25.3 Å². The van der Waals surface area contributed by atoms with E-state index < -0.39 is 48.3 Å². The standard InChI is InChI=1S/C37H44F2N6O3/c1-23(31-19-29(13-10-25(31)9-8-24-6-7-24)44-16-4-5-30(22-44)43(2)3)41-37(48)34-18-28(39)21-45(34)35(46)20-40-36(47)33-14-11-26-17-27(38)12-15-32(26)42-33/h8-15,17,19,23-24,28,30,34H,4-7,16,18,20-22H2,1-3H3,(H,40,47)(H,41,48)/b9-8+/t23-,28+,30-,34-/m0/s1. The minimum Gasteiger partial charge on any atom is -0.370 e. The third-order valence-corrected chi connectivity index (χ3v) is 9.71. The largest absolute Gasteiger partial charge is 0.370 e. The fraction of sp³-hybridized carbons (Fsp3) is 0.459. The number of hydrogen-bond donors (Lipinski definition) is 2. The first-order chi connectivity index (χ1) is 23.0. The maximum atomic E-state index is 14.7. The lowest BCUT2D eigenvalue weighted by Gasteiger charge is -2.38. The van der Waals surface area contributed by atoms with Crippen LogP contribution >= 0.6 is 0 Å². The summed E-state index contributed by atoms with van der Waals surface area (Å²) >= 11 is 0. The van der Waals surface area contributed by atoms with Gasteiger partial charge in [-0.15, -0.1) is 0 Å². The van der Waals surface area contributed by atoms with Gasteiger partial charge in [-0.2, -0.15) is 0 Å². The van der Waals surface area contributed by atoms with Crippen LogP contribution in [-0.2, 0) is 9.59 Å². The number of piperidine rings is 1. The monoisotopic (exact) mass is 658 g/mol. The van der Waals surface area contributed by atoms with E-state index in [4.69, 9.17) is 0 Å². The first kappa shape index (κ1) is 33.5. The summed E-state index contributed by atoms with van der Waals surface area (Å²) in [6.45, 7) is 3.16. The Hall–Kier alpha value is -4.38. The van der Waals surface area contributed by atoms with E-state index in [1.807, 2.05) is 6.92 Å². The van der Waals surface area contributed by atoms with E-state index in [0.29, 0.717) is 22.9 Å². The van der Waals surface area contributed by atoms with Crippen LogP contribution in [0.3, 0.4) is 0 Å². The fourth-order valence-corrected chi connectivity index (χ4v) is 6.69. The molecular weight excluding hydrogens is 614 g/mol. The molecule has 2 aliphatic heterocycles. The van der Waals surface area contributed by atoms with Gasteiger partial charge in [0.1, 0.15) is 23.7 Å². The number of carbonyl (C=O) groups is 3. The lowest BCUT2D eigenvalue weighted by molar-refractivity contribution is -0.138. The molecule has 48 heavy (non-hydrogen) atoms. The molecule has 3 fully saturated rings. The molecule has 3 aliphatic rings. The number of amides is 3. The van der Waals surface area contributed by atoms with Gasteiger partial charge in [0.2, 0.25) is 11.8 Å². The summed E-state index contributed by atoms with van der Waals surface area (Å²) in [5.74, 6) is -1.41. The molecule has 254 valence electrons.